The van der Waals surface area contributed by atoms with Crippen LogP contribution in [-0.4, -0.2) is 25.2 Å². The molecule has 2 amide bonds. The number of ether oxygens (including phenoxy) is 1. The smallest absolute Gasteiger partial charge is 0.337 e. The van der Waals surface area contributed by atoms with Gasteiger partial charge in [-0.2, -0.15) is 0 Å². The van der Waals surface area contributed by atoms with E-state index in [1.54, 1.807) is 18.2 Å². The van der Waals surface area contributed by atoms with Crippen LogP contribution in [0.15, 0.2) is 36.4 Å². The summed E-state index contributed by atoms with van der Waals surface area (Å²) in [5.74, 6) is -0.379. The number of carbonyl (C=O) groups excluding carboxylic acids is 2. The molecule has 1 unspecified atom stereocenters. The topological polar surface area (TPSA) is 67.4 Å². The maximum atomic E-state index is 11.8. The van der Waals surface area contributed by atoms with Gasteiger partial charge in [-0.15, -0.1) is 0 Å². The Balaban J connectivity index is 1.83. The number of benzene rings is 1. The van der Waals surface area contributed by atoms with Gasteiger partial charge in [0.05, 0.1) is 12.7 Å². The normalized spacial score (nSPS) is 17.1. The Morgan fingerprint density at radius 3 is 2.90 bits per heavy atom. The van der Waals surface area contributed by atoms with Gasteiger partial charge < -0.3 is 15.4 Å². The third kappa shape index (κ3) is 4.63. The minimum Gasteiger partial charge on any atom is -0.465 e. The number of urea groups is 1. The molecule has 21 heavy (non-hydrogen) atoms. The molecule has 0 heterocycles. The molecular weight excluding hydrogens is 268 g/mol. The zero-order valence-electron chi connectivity index (χ0n) is 12.1. The highest BCUT2D eigenvalue weighted by Gasteiger charge is 2.12. The minimum atomic E-state index is -0.379. The lowest BCUT2D eigenvalue weighted by Gasteiger charge is -2.19. The summed E-state index contributed by atoms with van der Waals surface area (Å²) in [7, 11) is 1.35. The molecule has 1 aliphatic carbocycles. The lowest BCUT2D eigenvalue weighted by atomic mass is 10.0. The van der Waals surface area contributed by atoms with Crippen molar-refractivity contribution >= 4 is 12.0 Å². The molecule has 0 saturated carbocycles. The van der Waals surface area contributed by atoms with Crippen LogP contribution in [0.5, 0.6) is 0 Å². The Labute approximate surface area is 124 Å². The highest BCUT2D eigenvalue weighted by molar-refractivity contribution is 5.89. The largest absolute Gasteiger partial charge is 0.465 e. The monoisotopic (exact) mass is 288 g/mol. The fraction of sp³-hybridized carbons (Fsp3) is 0.375. The van der Waals surface area contributed by atoms with Crippen LogP contribution in [-0.2, 0) is 11.3 Å². The molecule has 2 rings (SSSR count). The average Bonchev–Trinajstić information content (AvgIpc) is 2.53. The van der Waals surface area contributed by atoms with Crippen LogP contribution in [0, 0.1) is 0 Å². The molecular formula is C16H20N2O3. The summed E-state index contributed by atoms with van der Waals surface area (Å²) in [6.07, 6.45) is 7.09. The molecule has 0 spiro atoms. The number of hydrogen-bond acceptors (Lipinski definition) is 3. The molecule has 2 N–H and O–H groups in total. The number of methoxy groups -OCH3 is 1. The van der Waals surface area contributed by atoms with Gasteiger partial charge in [0.25, 0.3) is 0 Å². The molecule has 0 bridgehead atoms. The van der Waals surface area contributed by atoms with Gasteiger partial charge in [0.15, 0.2) is 0 Å². The van der Waals surface area contributed by atoms with Crippen LogP contribution >= 0.6 is 0 Å². The van der Waals surface area contributed by atoms with Crippen molar-refractivity contribution in [3.05, 3.63) is 47.5 Å². The first kappa shape index (κ1) is 15.1. The Morgan fingerprint density at radius 1 is 1.33 bits per heavy atom. The van der Waals surface area contributed by atoms with E-state index in [0.29, 0.717) is 12.1 Å². The van der Waals surface area contributed by atoms with E-state index in [-0.39, 0.29) is 18.0 Å². The van der Waals surface area contributed by atoms with Crippen LogP contribution in [0.2, 0.25) is 0 Å². The molecule has 1 aliphatic rings. The molecule has 112 valence electrons. The molecule has 5 nitrogen and oxygen atoms in total. The first-order valence-electron chi connectivity index (χ1n) is 7.05. The molecule has 1 atom stereocenters. The number of allylic oxidation sites excluding steroid dienone is 1. The second-order valence-corrected chi connectivity index (χ2v) is 5.00. The second-order valence-electron chi connectivity index (χ2n) is 5.00. The third-order valence-electron chi connectivity index (χ3n) is 3.41. The number of rotatable bonds is 4. The van der Waals surface area contributed by atoms with Crippen molar-refractivity contribution in [1.29, 1.82) is 0 Å². The molecule has 0 aliphatic heterocycles. The first-order chi connectivity index (χ1) is 10.2. The Kier molecular flexibility index (Phi) is 5.37. The summed E-state index contributed by atoms with van der Waals surface area (Å²) >= 11 is 0. The highest BCUT2D eigenvalue weighted by Crippen LogP contribution is 2.10. The fourth-order valence-electron chi connectivity index (χ4n) is 2.27. The van der Waals surface area contributed by atoms with Gasteiger partial charge in [-0.3, -0.25) is 0 Å². The van der Waals surface area contributed by atoms with Crippen molar-refractivity contribution in [1.82, 2.24) is 10.6 Å². The number of carbonyl (C=O) groups is 2. The highest BCUT2D eigenvalue weighted by atomic mass is 16.5. The van der Waals surface area contributed by atoms with Gasteiger partial charge in [0, 0.05) is 12.6 Å². The zero-order chi connectivity index (χ0) is 15.1. The Morgan fingerprint density at radius 2 is 2.19 bits per heavy atom. The van der Waals surface area contributed by atoms with Crippen LogP contribution in [0.1, 0.15) is 35.2 Å². The first-order valence-corrected chi connectivity index (χ1v) is 7.05. The van der Waals surface area contributed by atoms with Crippen molar-refractivity contribution in [2.45, 2.75) is 31.8 Å². The van der Waals surface area contributed by atoms with E-state index in [1.807, 2.05) is 6.07 Å². The molecule has 5 heteroatoms. The number of esters is 1. The summed E-state index contributed by atoms with van der Waals surface area (Å²) in [6.45, 7) is 0.374. The van der Waals surface area contributed by atoms with E-state index in [9.17, 15) is 9.59 Å². The Hall–Kier alpha value is -2.30. The summed E-state index contributed by atoms with van der Waals surface area (Å²) in [4.78, 5) is 23.3. The minimum absolute atomic E-state index is 0.182. The molecule has 1 aromatic rings. The lowest BCUT2D eigenvalue weighted by Crippen LogP contribution is -2.42. The van der Waals surface area contributed by atoms with Crippen molar-refractivity contribution < 1.29 is 14.3 Å². The van der Waals surface area contributed by atoms with E-state index in [0.717, 1.165) is 24.8 Å². The molecule has 0 fully saturated rings. The van der Waals surface area contributed by atoms with E-state index in [4.69, 9.17) is 0 Å². The summed E-state index contributed by atoms with van der Waals surface area (Å²) < 4.78 is 4.67. The van der Waals surface area contributed by atoms with Crippen molar-refractivity contribution in [2.24, 2.45) is 0 Å². The molecule has 0 saturated heterocycles. The fourth-order valence-corrected chi connectivity index (χ4v) is 2.27. The van der Waals surface area contributed by atoms with Gasteiger partial charge in [0.1, 0.15) is 0 Å². The zero-order valence-corrected chi connectivity index (χ0v) is 12.1. The predicted octanol–water partition coefficient (Wildman–Crippen LogP) is 2.38. The second kappa shape index (κ2) is 7.47. The van der Waals surface area contributed by atoms with Gasteiger partial charge in [-0.1, -0.05) is 24.3 Å². The van der Waals surface area contributed by atoms with Gasteiger partial charge in [0.2, 0.25) is 0 Å². The van der Waals surface area contributed by atoms with Crippen molar-refractivity contribution in [3.8, 4) is 0 Å². The summed E-state index contributed by atoms with van der Waals surface area (Å²) in [5.41, 5.74) is 1.34. The van der Waals surface area contributed by atoms with Crippen LogP contribution in [0.4, 0.5) is 4.79 Å². The SMILES string of the molecule is COC(=O)c1cccc(CNC(=O)NC2CC=CCC2)c1. The van der Waals surface area contributed by atoms with Gasteiger partial charge >= 0.3 is 12.0 Å². The number of nitrogens with one attached hydrogen (secondary N) is 2. The lowest BCUT2D eigenvalue weighted by molar-refractivity contribution is 0.0600. The number of hydrogen-bond donors (Lipinski definition) is 2. The van der Waals surface area contributed by atoms with Gasteiger partial charge in [-0.05, 0) is 37.0 Å². The standard InChI is InChI=1S/C16H20N2O3/c1-21-15(19)13-7-5-6-12(10-13)11-17-16(20)18-14-8-3-2-4-9-14/h2-3,5-7,10,14H,4,8-9,11H2,1H3,(H2,17,18,20). The molecule has 0 aromatic heterocycles. The third-order valence-corrected chi connectivity index (χ3v) is 3.41. The summed E-state index contributed by atoms with van der Waals surface area (Å²) in [5, 5.41) is 5.75. The van der Waals surface area contributed by atoms with E-state index in [1.165, 1.54) is 7.11 Å². The maximum absolute atomic E-state index is 11.8. The molecule has 0 radical (unpaired) electrons. The summed E-state index contributed by atoms with van der Waals surface area (Å²) in [6, 6.07) is 7.05. The van der Waals surface area contributed by atoms with E-state index in [2.05, 4.69) is 27.5 Å². The van der Waals surface area contributed by atoms with Gasteiger partial charge in [-0.25, -0.2) is 9.59 Å². The van der Waals surface area contributed by atoms with Crippen LogP contribution in [0.25, 0.3) is 0 Å². The quantitative estimate of drug-likeness (QED) is 0.660. The van der Waals surface area contributed by atoms with Crippen molar-refractivity contribution in [3.63, 3.8) is 0 Å². The van der Waals surface area contributed by atoms with E-state index < -0.39 is 0 Å². The Bertz CT molecular complexity index is 540. The predicted molar refractivity (Wildman–Crippen MR) is 79.9 cm³/mol. The van der Waals surface area contributed by atoms with Crippen LogP contribution in [0.3, 0.4) is 0 Å². The van der Waals surface area contributed by atoms with E-state index >= 15 is 0 Å². The maximum Gasteiger partial charge on any atom is 0.337 e. The molecule has 1 aromatic carbocycles. The van der Waals surface area contributed by atoms with Crippen LogP contribution < -0.4 is 10.6 Å². The number of amides is 2. The van der Waals surface area contributed by atoms with Crippen molar-refractivity contribution in [2.75, 3.05) is 7.11 Å². The average molecular weight is 288 g/mol.